The number of aromatic carboxylic acids is 1. The van der Waals surface area contributed by atoms with Crippen molar-refractivity contribution in [1.29, 1.82) is 0 Å². The van der Waals surface area contributed by atoms with E-state index in [4.69, 9.17) is 5.11 Å². The SMILES string of the molecule is O=C(O)c1ccc(S(=O)(=O)Nc2cccnc2)c(F)c1. The molecule has 2 rings (SSSR count). The molecule has 0 amide bonds. The Hall–Kier alpha value is -2.48. The molecule has 0 saturated carbocycles. The highest BCUT2D eigenvalue weighted by atomic mass is 32.2. The summed E-state index contributed by atoms with van der Waals surface area (Å²) in [4.78, 5) is 13.8. The number of sulfonamides is 1. The summed E-state index contributed by atoms with van der Waals surface area (Å²) in [5, 5.41) is 8.70. The van der Waals surface area contributed by atoms with E-state index in [-0.39, 0.29) is 11.3 Å². The first-order chi connectivity index (χ1) is 9.40. The summed E-state index contributed by atoms with van der Waals surface area (Å²) in [7, 11) is -4.14. The number of carboxylic acid groups (broad SMARTS) is 1. The Bertz CT molecular complexity index is 747. The molecule has 0 saturated heterocycles. The third kappa shape index (κ3) is 2.91. The Morgan fingerprint density at radius 3 is 2.60 bits per heavy atom. The fourth-order valence-electron chi connectivity index (χ4n) is 1.49. The lowest BCUT2D eigenvalue weighted by molar-refractivity contribution is 0.0696. The third-order valence-electron chi connectivity index (χ3n) is 2.38. The molecule has 1 aromatic carbocycles. The molecule has 20 heavy (non-hydrogen) atoms. The summed E-state index contributed by atoms with van der Waals surface area (Å²) in [6.45, 7) is 0. The quantitative estimate of drug-likeness (QED) is 0.895. The number of hydrogen-bond acceptors (Lipinski definition) is 4. The minimum absolute atomic E-state index is 0.175. The molecule has 1 heterocycles. The number of nitrogens with zero attached hydrogens (tertiary/aromatic N) is 1. The second kappa shape index (κ2) is 5.25. The minimum Gasteiger partial charge on any atom is -0.478 e. The summed E-state index contributed by atoms with van der Waals surface area (Å²) >= 11 is 0. The van der Waals surface area contributed by atoms with Gasteiger partial charge >= 0.3 is 5.97 Å². The van der Waals surface area contributed by atoms with Crippen LogP contribution in [0.4, 0.5) is 10.1 Å². The molecule has 2 aromatic rings. The van der Waals surface area contributed by atoms with Crippen LogP contribution in [0.25, 0.3) is 0 Å². The second-order valence-electron chi connectivity index (χ2n) is 3.80. The van der Waals surface area contributed by atoms with Gasteiger partial charge in [0.25, 0.3) is 10.0 Å². The number of anilines is 1. The van der Waals surface area contributed by atoms with Gasteiger partial charge in [0.15, 0.2) is 0 Å². The summed E-state index contributed by atoms with van der Waals surface area (Å²) in [6, 6.07) is 5.54. The fourth-order valence-corrected chi connectivity index (χ4v) is 2.59. The molecule has 0 atom stereocenters. The van der Waals surface area contributed by atoms with Gasteiger partial charge in [-0.15, -0.1) is 0 Å². The average molecular weight is 296 g/mol. The maximum Gasteiger partial charge on any atom is 0.335 e. The van der Waals surface area contributed by atoms with Crippen LogP contribution in [0.1, 0.15) is 10.4 Å². The molecular formula is C12H9FN2O4S. The molecule has 0 aliphatic heterocycles. The van der Waals surface area contributed by atoms with E-state index in [1.165, 1.54) is 24.5 Å². The molecular weight excluding hydrogens is 287 g/mol. The van der Waals surface area contributed by atoms with Gasteiger partial charge in [0, 0.05) is 6.20 Å². The Morgan fingerprint density at radius 1 is 1.30 bits per heavy atom. The first kappa shape index (κ1) is 13.9. The van der Waals surface area contributed by atoms with Crippen molar-refractivity contribution in [2.75, 3.05) is 4.72 Å². The minimum atomic E-state index is -4.14. The van der Waals surface area contributed by atoms with Crippen LogP contribution in [-0.4, -0.2) is 24.5 Å². The average Bonchev–Trinajstić information content (AvgIpc) is 2.38. The molecule has 0 fully saturated rings. The third-order valence-corrected chi connectivity index (χ3v) is 3.80. The fraction of sp³-hybridized carbons (Fsp3) is 0. The van der Waals surface area contributed by atoms with Gasteiger partial charge < -0.3 is 5.11 Å². The topological polar surface area (TPSA) is 96.4 Å². The van der Waals surface area contributed by atoms with Crippen molar-refractivity contribution in [3.63, 3.8) is 0 Å². The van der Waals surface area contributed by atoms with E-state index in [2.05, 4.69) is 9.71 Å². The second-order valence-corrected chi connectivity index (χ2v) is 5.45. The van der Waals surface area contributed by atoms with Crippen LogP contribution < -0.4 is 4.72 Å². The van der Waals surface area contributed by atoms with Gasteiger partial charge in [-0.25, -0.2) is 17.6 Å². The lowest BCUT2D eigenvalue weighted by Gasteiger charge is -2.08. The number of carboxylic acids is 1. The van der Waals surface area contributed by atoms with E-state index in [0.29, 0.717) is 6.07 Å². The van der Waals surface area contributed by atoms with Gasteiger partial charge in [-0.05, 0) is 30.3 Å². The maximum absolute atomic E-state index is 13.7. The van der Waals surface area contributed by atoms with E-state index in [1.807, 2.05) is 0 Å². The summed E-state index contributed by atoms with van der Waals surface area (Å²) in [5.41, 5.74) is -0.156. The zero-order valence-corrected chi connectivity index (χ0v) is 10.8. The number of hydrogen-bond donors (Lipinski definition) is 2. The number of pyridine rings is 1. The highest BCUT2D eigenvalue weighted by Crippen LogP contribution is 2.19. The van der Waals surface area contributed by atoms with Crippen molar-refractivity contribution < 1.29 is 22.7 Å². The standard InChI is InChI=1S/C12H9FN2O4S/c13-10-6-8(12(16)17)3-4-11(10)20(18,19)15-9-2-1-5-14-7-9/h1-7,15H,(H,16,17). The van der Waals surface area contributed by atoms with E-state index in [1.54, 1.807) is 0 Å². The molecule has 1 aromatic heterocycles. The highest BCUT2D eigenvalue weighted by Gasteiger charge is 2.20. The largest absolute Gasteiger partial charge is 0.478 e. The number of nitrogens with one attached hydrogen (secondary N) is 1. The first-order valence-electron chi connectivity index (χ1n) is 5.36. The molecule has 0 spiro atoms. The molecule has 0 bridgehead atoms. The van der Waals surface area contributed by atoms with Crippen LogP contribution in [0.2, 0.25) is 0 Å². The van der Waals surface area contributed by atoms with Crippen LogP contribution >= 0.6 is 0 Å². The summed E-state index contributed by atoms with van der Waals surface area (Å²) in [5.74, 6) is -2.48. The van der Waals surface area contributed by atoms with Gasteiger partial charge in [-0.3, -0.25) is 9.71 Å². The smallest absolute Gasteiger partial charge is 0.335 e. The number of halogens is 1. The van der Waals surface area contributed by atoms with Crippen LogP contribution in [-0.2, 0) is 10.0 Å². The monoisotopic (exact) mass is 296 g/mol. The van der Waals surface area contributed by atoms with Crippen molar-refractivity contribution in [2.24, 2.45) is 0 Å². The van der Waals surface area contributed by atoms with Gasteiger partial charge in [0.05, 0.1) is 17.4 Å². The molecule has 104 valence electrons. The van der Waals surface area contributed by atoms with E-state index < -0.39 is 26.7 Å². The Kier molecular flexibility index (Phi) is 3.66. The van der Waals surface area contributed by atoms with Crippen molar-refractivity contribution in [3.05, 3.63) is 54.1 Å². The number of carbonyl (C=O) groups is 1. The Balaban J connectivity index is 2.37. The van der Waals surface area contributed by atoms with Crippen molar-refractivity contribution in [1.82, 2.24) is 4.98 Å². The molecule has 0 aliphatic carbocycles. The van der Waals surface area contributed by atoms with E-state index in [0.717, 1.165) is 12.1 Å². The lowest BCUT2D eigenvalue weighted by atomic mass is 10.2. The predicted octanol–water partition coefficient (Wildman–Crippen LogP) is 1.72. The van der Waals surface area contributed by atoms with Crippen molar-refractivity contribution in [3.8, 4) is 0 Å². The molecule has 0 unspecified atom stereocenters. The zero-order chi connectivity index (χ0) is 14.8. The van der Waals surface area contributed by atoms with Gasteiger partial charge in [0.1, 0.15) is 10.7 Å². The first-order valence-corrected chi connectivity index (χ1v) is 6.84. The normalized spacial score (nSPS) is 11.1. The zero-order valence-electron chi connectivity index (χ0n) is 9.95. The molecule has 0 aliphatic rings. The molecule has 8 heteroatoms. The highest BCUT2D eigenvalue weighted by molar-refractivity contribution is 7.92. The Labute approximate surface area is 114 Å². The molecule has 6 nitrogen and oxygen atoms in total. The number of rotatable bonds is 4. The van der Waals surface area contributed by atoms with E-state index >= 15 is 0 Å². The maximum atomic E-state index is 13.7. The Morgan fingerprint density at radius 2 is 2.05 bits per heavy atom. The van der Waals surface area contributed by atoms with Crippen LogP contribution in [0, 0.1) is 5.82 Å². The van der Waals surface area contributed by atoms with Crippen molar-refractivity contribution in [2.45, 2.75) is 4.90 Å². The number of benzene rings is 1. The predicted molar refractivity (Wildman–Crippen MR) is 68.4 cm³/mol. The number of aromatic nitrogens is 1. The lowest BCUT2D eigenvalue weighted by Crippen LogP contribution is -2.15. The van der Waals surface area contributed by atoms with Gasteiger partial charge in [-0.1, -0.05) is 0 Å². The van der Waals surface area contributed by atoms with Gasteiger partial charge in [0.2, 0.25) is 0 Å². The summed E-state index contributed by atoms with van der Waals surface area (Å²) in [6.07, 6.45) is 2.72. The summed E-state index contributed by atoms with van der Waals surface area (Å²) < 4.78 is 39.8. The van der Waals surface area contributed by atoms with Crippen LogP contribution in [0.5, 0.6) is 0 Å². The van der Waals surface area contributed by atoms with Gasteiger partial charge in [-0.2, -0.15) is 0 Å². The van der Waals surface area contributed by atoms with Crippen molar-refractivity contribution >= 4 is 21.7 Å². The molecule has 2 N–H and O–H groups in total. The van der Waals surface area contributed by atoms with Crippen LogP contribution in [0.15, 0.2) is 47.6 Å². The molecule has 0 radical (unpaired) electrons. The van der Waals surface area contributed by atoms with Crippen LogP contribution in [0.3, 0.4) is 0 Å². The van der Waals surface area contributed by atoms with E-state index in [9.17, 15) is 17.6 Å².